The van der Waals surface area contributed by atoms with Crippen LogP contribution in [0.1, 0.15) is 39.4 Å². The molecule has 0 aliphatic rings. The molecule has 1 rings (SSSR count). The minimum atomic E-state index is 0.390. The maximum absolute atomic E-state index is 5.29. The summed E-state index contributed by atoms with van der Waals surface area (Å²) in [5, 5.41) is 7.31. The zero-order valence-corrected chi connectivity index (χ0v) is 12.9. The van der Waals surface area contributed by atoms with Crippen LogP contribution in [0.5, 0.6) is 0 Å². The molecule has 1 atom stereocenters. The first kappa shape index (κ1) is 15.5. The van der Waals surface area contributed by atoms with E-state index in [-0.39, 0.29) is 0 Å². The summed E-state index contributed by atoms with van der Waals surface area (Å²) in [6.07, 6.45) is 0.802. The SMILES string of the molecule is CNC(Cc1nc(CSCC(C)C)no1)C(C)C. The van der Waals surface area contributed by atoms with E-state index in [1.807, 2.05) is 18.8 Å². The summed E-state index contributed by atoms with van der Waals surface area (Å²) in [5.74, 6) is 4.79. The Morgan fingerprint density at radius 2 is 2.00 bits per heavy atom. The first-order chi connectivity index (χ1) is 8.52. The van der Waals surface area contributed by atoms with Gasteiger partial charge in [0.1, 0.15) is 0 Å². The van der Waals surface area contributed by atoms with E-state index in [0.717, 1.165) is 29.6 Å². The topological polar surface area (TPSA) is 51.0 Å². The summed E-state index contributed by atoms with van der Waals surface area (Å²) in [6, 6.07) is 0.390. The molecule has 0 bridgehead atoms. The van der Waals surface area contributed by atoms with Gasteiger partial charge in [-0.1, -0.05) is 32.9 Å². The van der Waals surface area contributed by atoms with Crippen molar-refractivity contribution in [2.24, 2.45) is 11.8 Å². The molecular weight excluding hydrogens is 246 g/mol. The van der Waals surface area contributed by atoms with Gasteiger partial charge in [-0.05, 0) is 24.6 Å². The number of thioether (sulfide) groups is 1. The van der Waals surface area contributed by atoms with Gasteiger partial charge in [-0.25, -0.2) is 0 Å². The van der Waals surface area contributed by atoms with Crippen molar-refractivity contribution in [1.29, 1.82) is 0 Å². The standard InChI is InChI=1S/C13H25N3OS/c1-9(2)7-18-8-12-15-13(17-16-12)6-11(14-5)10(3)4/h9-11,14H,6-8H2,1-5H3. The maximum Gasteiger partial charge on any atom is 0.228 e. The van der Waals surface area contributed by atoms with Crippen LogP contribution in [-0.2, 0) is 12.2 Å². The molecule has 104 valence electrons. The molecule has 0 saturated carbocycles. The lowest BCUT2D eigenvalue weighted by molar-refractivity contribution is 0.333. The molecule has 0 radical (unpaired) electrons. The predicted octanol–water partition coefficient (Wildman–Crippen LogP) is 2.75. The number of nitrogens with one attached hydrogen (secondary N) is 1. The lowest BCUT2D eigenvalue weighted by Crippen LogP contribution is -2.32. The second-order valence-electron chi connectivity index (χ2n) is 5.36. The van der Waals surface area contributed by atoms with E-state index in [1.165, 1.54) is 0 Å². The molecule has 1 unspecified atom stereocenters. The fraction of sp³-hybridized carbons (Fsp3) is 0.846. The quantitative estimate of drug-likeness (QED) is 0.788. The van der Waals surface area contributed by atoms with Crippen molar-refractivity contribution in [3.05, 3.63) is 11.7 Å². The third kappa shape index (κ3) is 5.40. The van der Waals surface area contributed by atoms with Crippen LogP contribution < -0.4 is 5.32 Å². The van der Waals surface area contributed by atoms with Crippen LogP contribution >= 0.6 is 11.8 Å². The summed E-state index contributed by atoms with van der Waals surface area (Å²) in [7, 11) is 1.97. The van der Waals surface area contributed by atoms with Crippen molar-refractivity contribution in [2.75, 3.05) is 12.8 Å². The third-order valence-electron chi connectivity index (χ3n) is 2.76. The zero-order valence-electron chi connectivity index (χ0n) is 12.1. The second kappa shape index (κ2) is 7.79. The molecule has 0 saturated heterocycles. The van der Waals surface area contributed by atoms with E-state index < -0.39 is 0 Å². The minimum Gasteiger partial charge on any atom is -0.339 e. The zero-order chi connectivity index (χ0) is 13.5. The van der Waals surface area contributed by atoms with Crippen LogP contribution in [0.25, 0.3) is 0 Å². The van der Waals surface area contributed by atoms with Crippen LogP contribution in [0.3, 0.4) is 0 Å². The highest BCUT2D eigenvalue weighted by atomic mass is 32.2. The molecule has 1 N–H and O–H groups in total. The van der Waals surface area contributed by atoms with Crippen LogP contribution in [-0.4, -0.2) is 29.0 Å². The number of rotatable bonds is 8. The molecular formula is C13H25N3OS. The lowest BCUT2D eigenvalue weighted by atomic mass is 10.0. The molecule has 0 amide bonds. The minimum absolute atomic E-state index is 0.390. The van der Waals surface area contributed by atoms with Crippen molar-refractivity contribution in [2.45, 2.75) is 45.9 Å². The second-order valence-corrected chi connectivity index (χ2v) is 6.39. The fourth-order valence-electron chi connectivity index (χ4n) is 1.68. The first-order valence-electron chi connectivity index (χ1n) is 6.59. The fourth-order valence-corrected chi connectivity index (χ4v) is 2.57. The molecule has 1 aromatic rings. The van der Waals surface area contributed by atoms with Gasteiger partial charge in [0.05, 0.1) is 5.75 Å². The Balaban J connectivity index is 2.42. The van der Waals surface area contributed by atoms with Crippen molar-refractivity contribution < 1.29 is 4.52 Å². The Labute approximate surface area is 114 Å². The molecule has 1 aromatic heterocycles. The molecule has 0 spiro atoms. The van der Waals surface area contributed by atoms with Crippen LogP contribution in [0.2, 0.25) is 0 Å². The smallest absolute Gasteiger partial charge is 0.228 e. The van der Waals surface area contributed by atoms with Crippen molar-refractivity contribution >= 4 is 11.8 Å². The Bertz CT molecular complexity index is 339. The lowest BCUT2D eigenvalue weighted by Gasteiger charge is -2.17. The highest BCUT2D eigenvalue weighted by Crippen LogP contribution is 2.14. The third-order valence-corrected chi connectivity index (χ3v) is 4.13. The normalized spacial score (nSPS) is 13.5. The first-order valence-corrected chi connectivity index (χ1v) is 7.74. The van der Waals surface area contributed by atoms with Gasteiger partial charge in [0.2, 0.25) is 5.89 Å². The summed E-state index contributed by atoms with van der Waals surface area (Å²) in [6.45, 7) is 8.82. The average Bonchev–Trinajstić information content (AvgIpc) is 2.72. The average molecular weight is 271 g/mol. The number of aromatic nitrogens is 2. The van der Waals surface area contributed by atoms with Crippen molar-refractivity contribution in [1.82, 2.24) is 15.5 Å². The largest absolute Gasteiger partial charge is 0.339 e. The monoisotopic (exact) mass is 271 g/mol. The summed E-state index contributed by atoms with van der Waals surface area (Å²) < 4.78 is 5.29. The predicted molar refractivity (Wildman–Crippen MR) is 76.7 cm³/mol. The Kier molecular flexibility index (Phi) is 6.71. The Morgan fingerprint density at radius 3 is 2.56 bits per heavy atom. The maximum atomic E-state index is 5.29. The molecule has 0 aromatic carbocycles. The highest BCUT2D eigenvalue weighted by Gasteiger charge is 2.16. The van der Waals surface area contributed by atoms with E-state index in [2.05, 4.69) is 43.2 Å². The Hall–Kier alpha value is -0.550. The Morgan fingerprint density at radius 1 is 1.28 bits per heavy atom. The van der Waals surface area contributed by atoms with E-state index in [0.29, 0.717) is 17.9 Å². The van der Waals surface area contributed by atoms with Gasteiger partial charge in [-0.3, -0.25) is 0 Å². The van der Waals surface area contributed by atoms with Gasteiger partial charge in [0.15, 0.2) is 5.82 Å². The van der Waals surface area contributed by atoms with Crippen LogP contribution in [0, 0.1) is 11.8 Å². The number of hydrogen-bond donors (Lipinski definition) is 1. The molecule has 4 nitrogen and oxygen atoms in total. The van der Waals surface area contributed by atoms with Gasteiger partial charge in [0, 0.05) is 12.5 Å². The van der Waals surface area contributed by atoms with E-state index in [4.69, 9.17) is 4.52 Å². The van der Waals surface area contributed by atoms with Gasteiger partial charge >= 0.3 is 0 Å². The highest BCUT2D eigenvalue weighted by molar-refractivity contribution is 7.98. The van der Waals surface area contributed by atoms with Gasteiger partial charge in [0.25, 0.3) is 0 Å². The van der Waals surface area contributed by atoms with Gasteiger partial charge < -0.3 is 9.84 Å². The van der Waals surface area contributed by atoms with Crippen molar-refractivity contribution in [3.63, 3.8) is 0 Å². The molecule has 1 heterocycles. The summed E-state index contributed by atoms with van der Waals surface area (Å²) in [5.41, 5.74) is 0. The number of hydrogen-bond acceptors (Lipinski definition) is 5. The van der Waals surface area contributed by atoms with E-state index >= 15 is 0 Å². The molecule has 0 fully saturated rings. The molecule has 18 heavy (non-hydrogen) atoms. The van der Waals surface area contributed by atoms with E-state index in [9.17, 15) is 0 Å². The number of nitrogens with zero attached hydrogens (tertiary/aromatic N) is 2. The van der Waals surface area contributed by atoms with Crippen LogP contribution in [0.15, 0.2) is 4.52 Å². The van der Waals surface area contributed by atoms with Gasteiger partial charge in [-0.2, -0.15) is 16.7 Å². The molecule has 0 aliphatic heterocycles. The van der Waals surface area contributed by atoms with Crippen molar-refractivity contribution in [3.8, 4) is 0 Å². The molecule has 0 aliphatic carbocycles. The van der Waals surface area contributed by atoms with Crippen LogP contribution in [0.4, 0.5) is 0 Å². The molecule has 5 heteroatoms. The van der Waals surface area contributed by atoms with E-state index in [1.54, 1.807) is 0 Å². The summed E-state index contributed by atoms with van der Waals surface area (Å²) in [4.78, 5) is 4.44. The van der Waals surface area contributed by atoms with Gasteiger partial charge in [-0.15, -0.1) is 0 Å². The summed E-state index contributed by atoms with van der Waals surface area (Å²) >= 11 is 1.86. The number of likely N-dealkylation sites (N-methyl/N-ethyl adjacent to an activating group) is 1.